The minimum Gasteiger partial charge on any atom is -0.493 e. The molecule has 31 heavy (non-hydrogen) atoms. The van der Waals surface area contributed by atoms with Crippen LogP contribution in [-0.4, -0.2) is 53.6 Å². The van der Waals surface area contributed by atoms with Crippen molar-refractivity contribution in [2.45, 2.75) is 12.5 Å². The lowest BCUT2D eigenvalue weighted by atomic mass is 10.0. The minimum absolute atomic E-state index is 0.153. The van der Waals surface area contributed by atoms with Crippen molar-refractivity contribution in [2.75, 3.05) is 21.3 Å². The Balaban J connectivity index is 1.93. The van der Waals surface area contributed by atoms with E-state index >= 15 is 0 Å². The number of carboxylic acid groups (broad SMARTS) is 1. The SMILES string of the molecule is COc1cc(/C=C2/SC(=S)N([C@H](Cc3ccccc3)C(=O)O)C2=O)cc(OC)c1OC. The van der Waals surface area contributed by atoms with Gasteiger partial charge in [-0.3, -0.25) is 9.69 Å². The number of hydrogen-bond acceptors (Lipinski definition) is 7. The molecule has 1 saturated heterocycles. The van der Waals surface area contributed by atoms with Gasteiger partial charge < -0.3 is 19.3 Å². The van der Waals surface area contributed by atoms with E-state index in [1.807, 2.05) is 30.3 Å². The second kappa shape index (κ2) is 9.84. The predicted molar refractivity (Wildman–Crippen MR) is 123 cm³/mol. The maximum atomic E-state index is 13.1. The smallest absolute Gasteiger partial charge is 0.327 e. The first-order valence-electron chi connectivity index (χ1n) is 9.23. The molecule has 1 amide bonds. The van der Waals surface area contributed by atoms with Gasteiger partial charge in [-0.25, -0.2) is 4.79 Å². The molecule has 1 heterocycles. The molecular formula is C22H21NO6S2. The Morgan fingerprint density at radius 3 is 2.26 bits per heavy atom. The molecule has 0 radical (unpaired) electrons. The van der Waals surface area contributed by atoms with E-state index in [4.69, 9.17) is 26.4 Å². The standard InChI is InChI=1S/C22H21NO6S2/c1-27-16-10-14(11-17(28-2)19(16)29-3)12-18-20(24)23(22(30)31-18)15(21(25)26)9-13-7-5-4-6-8-13/h4-8,10-12,15H,9H2,1-3H3,(H,25,26)/b18-12+/t15-/m1/s1. The van der Waals surface area contributed by atoms with Gasteiger partial charge in [0.2, 0.25) is 5.75 Å². The summed E-state index contributed by atoms with van der Waals surface area (Å²) < 4.78 is 16.2. The Hall–Kier alpha value is -3.04. The molecule has 2 aromatic rings. The van der Waals surface area contributed by atoms with Gasteiger partial charge in [0.15, 0.2) is 11.5 Å². The molecule has 1 aliphatic heterocycles. The normalized spacial score (nSPS) is 15.8. The summed E-state index contributed by atoms with van der Waals surface area (Å²) in [5.41, 5.74) is 1.43. The molecule has 1 atom stereocenters. The molecule has 0 saturated carbocycles. The molecule has 1 aliphatic rings. The number of hydrogen-bond donors (Lipinski definition) is 1. The first-order valence-corrected chi connectivity index (χ1v) is 10.5. The summed E-state index contributed by atoms with van der Waals surface area (Å²) in [6.07, 6.45) is 1.78. The molecule has 162 valence electrons. The van der Waals surface area contributed by atoms with E-state index in [0.29, 0.717) is 27.7 Å². The zero-order valence-electron chi connectivity index (χ0n) is 17.2. The van der Waals surface area contributed by atoms with Crippen LogP contribution in [0.15, 0.2) is 47.4 Å². The fourth-order valence-corrected chi connectivity index (χ4v) is 4.57. The average Bonchev–Trinajstić information content (AvgIpc) is 3.04. The molecule has 3 rings (SSSR count). The molecule has 7 nitrogen and oxygen atoms in total. The summed E-state index contributed by atoms with van der Waals surface area (Å²) >= 11 is 6.42. The van der Waals surface area contributed by atoms with Crippen molar-refractivity contribution in [3.63, 3.8) is 0 Å². The minimum atomic E-state index is -1.12. The van der Waals surface area contributed by atoms with Crippen LogP contribution in [0.25, 0.3) is 6.08 Å². The van der Waals surface area contributed by atoms with Crippen LogP contribution in [-0.2, 0) is 16.0 Å². The van der Waals surface area contributed by atoms with Crippen molar-refractivity contribution in [2.24, 2.45) is 0 Å². The fraction of sp³-hybridized carbons (Fsp3) is 0.227. The third kappa shape index (κ3) is 4.83. The number of rotatable bonds is 8. The van der Waals surface area contributed by atoms with Crippen molar-refractivity contribution in [3.8, 4) is 17.2 Å². The Labute approximate surface area is 189 Å². The summed E-state index contributed by atoms with van der Waals surface area (Å²) in [5.74, 6) is -0.253. The Bertz CT molecular complexity index is 1010. The summed E-state index contributed by atoms with van der Waals surface area (Å²) in [6.45, 7) is 0. The highest BCUT2D eigenvalue weighted by Gasteiger charge is 2.40. The van der Waals surface area contributed by atoms with Gasteiger partial charge in [0.1, 0.15) is 10.4 Å². The number of amides is 1. The van der Waals surface area contributed by atoms with Crippen LogP contribution in [0.3, 0.4) is 0 Å². The number of thiocarbonyl (C=S) groups is 1. The first kappa shape index (κ1) is 22.6. The lowest BCUT2D eigenvalue weighted by molar-refractivity contribution is -0.145. The molecule has 2 aromatic carbocycles. The maximum absolute atomic E-state index is 13.1. The summed E-state index contributed by atoms with van der Waals surface area (Å²) in [4.78, 5) is 26.5. The summed E-state index contributed by atoms with van der Waals surface area (Å²) in [6, 6.07) is 11.4. The molecular weight excluding hydrogens is 438 g/mol. The van der Waals surface area contributed by atoms with Crippen molar-refractivity contribution < 1.29 is 28.9 Å². The van der Waals surface area contributed by atoms with E-state index in [0.717, 1.165) is 17.3 Å². The van der Waals surface area contributed by atoms with E-state index in [-0.39, 0.29) is 10.7 Å². The number of carbonyl (C=O) groups excluding carboxylic acids is 1. The van der Waals surface area contributed by atoms with Crippen molar-refractivity contribution in [1.29, 1.82) is 0 Å². The van der Waals surface area contributed by atoms with E-state index in [9.17, 15) is 14.7 Å². The van der Waals surface area contributed by atoms with E-state index in [1.165, 1.54) is 26.2 Å². The molecule has 0 aliphatic carbocycles. The van der Waals surface area contributed by atoms with Crippen LogP contribution in [0.4, 0.5) is 0 Å². The van der Waals surface area contributed by atoms with Gasteiger partial charge in [-0.05, 0) is 29.3 Å². The van der Waals surface area contributed by atoms with Crippen LogP contribution in [0.2, 0.25) is 0 Å². The molecule has 0 bridgehead atoms. The number of carboxylic acids is 1. The zero-order valence-corrected chi connectivity index (χ0v) is 18.8. The Kier molecular flexibility index (Phi) is 7.19. The van der Waals surface area contributed by atoms with Crippen LogP contribution >= 0.6 is 24.0 Å². The second-order valence-corrected chi connectivity index (χ2v) is 8.23. The lowest BCUT2D eigenvalue weighted by Gasteiger charge is -2.23. The topological polar surface area (TPSA) is 85.3 Å². The summed E-state index contributed by atoms with van der Waals surface area (Å²) in [5, 5.41) is 9.77. The molecule has 9 heteroatoms. The number of aliphatic carboxylic acids is 1. The van der Waals surface area contributed by atoms with Crippen molar-refractivity contribution in [1.82, 2.24) is 4.90 Å². The van der Waals surface area contributed by atoms with Gasteiger partial charge >= 0.3 is 5.97 Å². The molecule has 1 fully saturated rings. The molecule has 1 N–H and O–H groups in total. The maximum Gasteiger partial charge on any atom is 0.327 e. The number of carbonyl (C=O) groups is 2. The average molecular weight is 460 g/mol. The van der Waals surface area contributed by atoms with Gasteiger partial charge in [0.05, 0.1) is 26.2 Å². The van der Waals surface area contributed by atoms with Gasteiger partial charge in [0.25, 0.3) is 5.91 Å². The second-order valence-electron chi connectivity index (χ2n) is 6.55. The first-order chi connectivity index (χ1) is 14.9. The van der Waals surface area contributed by atoms with Crippen LogP contribution in [0.1, 0.15) is 11.1 Å². The van der Waals surface area contributed by atoms with Crippen LogP contribution < -0.4 is 14.2 Å². The highest BCUT2D eigenvalue weighted by Crippen LogP contribution is 2.40. The van der Waals surface area contributed by atoms with Gasteiger partial charge in [-0.2, -0.15) is 0 Å². The zero-order chi connectivity index (χ0) is 22.5. The third-order valence-electron chi connectivity index (χ3n) is 4.68. The number of benzene rings is 2. The number of thioether (sulfide) groups is 1. The predicted octanol–water partition coefficient (Wildman–Crippen LogP) is 3.61. The Morgan fingerprint density at radius 2 is 1.74 bits per heavy atom. The van der Waals surface area contributed by atoms with E-state index in [2.05, 4.69) is 0 Å². The van der Waals surface area contributed by atoms with Gasteiger partial charge in [-0.1, -0.05) is 54.3 Å². The summed E-state index contributed by atoms with van der Waals surface area (Å²) in [7, 11) is 4.51. The Morgan fingerprint density at radius 1 is 1.13 bits per heavy atom. The van der Waals surface area contributed by atoms with E-state index in [1.54, 1.807) is 18.2 Å². The highest BCUT2D eigenvalue weighted by molar-refractivity contribution is 8.26. The molecule has 0 unspecified atom stereocenters. The lowest BCUT2D eigenvalue weighted by Crippen LogP contribution is -2.45. The van der Waals surface area contributed by atoms with Crippen LogP contribution in [0.5, 0.6) is 17.2 Å². The monoisotopic (exact) mass is 459 g/mol. The number of ether oxygens (including phenoxy) is 3. The van der Waals surface area contributed by atoms with Crippen LogP contribution in [0, 0.1) is 0 Å². The number of methoxy groups -OCH3 is 3. The van der Waals surface area contributed by atoms with E-state index < -0.39 is 17.9 Å². The quantitative estimate of drug-likeness (QED) is 0.473. The molecule has 0 spiro atoms. The van der Waals surface area contributed by atoms with Crippen molar-refractivity contribution >= 4 is 46.3 Å². The fourth-order valence-electron chi connectivity index (χ4n) is 3.21. The third-order valence-corrected chi connectivity index (χ3v) is 6.01. The molecule has 0 aromatic heterocycles. The largest absolute Gasteiger partial charge is 0.493 e. The highest BCUT2D eigenvalue weighted by atomic mass is 32.2. The van der Waals surface area contributed by atoms with Gasteiger partial charge in [0, 0.05) is 6.42 Å². The van der Waals surface area contributed by atoms with Gasteiger partial charge in [-0.15, -0.1) is 0 Å². The number of nitrogens with zero attached hydrogens (tertiary/aromatic N) is 1. The van der Waals surface area contributed by atoms with Crippen molar-refractivity contribution in [3.05, 3.63) is 58.5 Å².